The smallest absolute Gasteiger partial charge is 0.305 e. The van der Waals surface area contributed by atoms with Crippen molar-refractivity contribution in [2.75, 3.05) is 11.4 Å². The van der Waals surface area contributed by atoms with Crippen molar-refractivity contribution in [2.45, 2.75) is 18.4 Å². The minimum Gasteiger partial charge on any atom is -0.305 e. The van der Waals surface area contributed by atoms with Crippen LogP contribution in [-0.2, 0) is 11.2 Å². The largest absolute Gasteiger partial charge is 0.332 e. The third-order valence-corrected chi connectivity index (χ3v) is 4.69. The van der Waals surface area contributed by atoms with Crippen molar-refractivity contribution >= 4 is 17.6 Å². The molecule has 4 heteroatoms. The Kier molecular flexibility index (Phi) is 5.03. The molecule has 0 aliphatic carbocycles. The van der Waals surface area contributed by atoms with Gasteiger partial charge in [-0.05, 0) is 24.1 Å². The Hall–Kier alpha value is -3.14. The molecule has 1 saturated heterocycles. The van der Waals surface area contributed by atoms with Gasteiger partial charge in [-0.1, -0.05) is 60.7 Å². The molecule has 3 rings (SSSR count). The number of anilines is 1. The van der Waals surface area contributed by atoms with Gasteiger partial charge in [0.05, 0.1) is 5.69 Å². The van der Waals surface area contributed by atoms with Gasteiger partial charge in [0.25, 0.3) is 5.91 Å². The van der Waals surface area contributed by atoms with Crippen LogP contribution in [0.5, 0.6) is 0 Å². The number of para-hydroxylation sites is 1. The molecule has 3 amide bonds. The van der Waals surface area contributed by atoms with Crippen molar-refractivity contribution in [3.05, 3.63) is 91.5 Å². The van der Waals surface area contributed by atoms with E-state index in [0.29, 0.717) is 25.1 Å². The number of rotatable bonds is 7. The first-order valence-electron chi connectivity index (χ1n) is 8.61. The highest BCUT2D eigenvalue weighted by atomic mass is 16.2. The molecule has 1 unspecified atom stereocenters. The Morgan fingerprint density at radius 2 is 1.50 bits per heavy atom. The summed E-state index contributed by atoms with van der Waals surface area (Å²) in [6.07, 6.45) is 4.17. The summed E-state index contributed by atoms with van der Waals surface area (Å²) in [5.74, 6) is -0.223. The van der Waals surface area contributed by atoms with E-state index in [1.807, 2.05) is 48.5 Å². The lowest BCUT2D eigenvalue weighted by Crippen LogP contribution is -2.51. The number of hydrogen-bond acceptors (Lipinski definition) is 2. The van der Waals surface area contributed by atoms with Gasteiger partial charge in [-0.3, -0.25) is 4.79 Å². The first kappa shape index (κ1) is 17.7. The van der Waals surface area contributed by atoms with E-state index in [-0.39, 0.29) is 11.9 Å². The van der Waals surface area contributed by atoms with E-state index in [4.69, 9.17) is 0 Å². The van der Waals surface area contributed by atoms with E-state index in [1.165, 1.54) is 4.90 Å². The topological polar surface area (TPSA) is 40.6 Å². The Labute approximate surface area is 154 Å². The number of benzene rings is 2. The van der Waals surface area contributed by atoms with Gasteiger partial charge >= 0.3 is 6.03 Å². The van der Waals surface area contributed by atoms with Gasteiger partial charge in [0.2, 0.25) is 0 Å². The molecule has 4 nitrogen and oxygen atoms in total. The molecule has 1 heterocycles. The van der Waals surface area contributed by atoms with Crippen LogP contribution < -0.4 is 4.90 Å². The molecule has 1 fully saturated rings. The van der Waals surface area contributed by atoms with Crippen molar-refractivity contribution in [3.63, 3.8) is 0 Å². The molecule has 1 aliphatic heterocycles. The Bertz CT molecular complexity index is 817. The molecule has 0 N–H and O–H groups in total. The lowest BCUT2D eigenvalue weighted by Gasteiger charge is -2.34. The molecule has 2 aromatic rings. The summed E-state index contributed by atoms with van der Waals surface area (Å²) >= 11 is 0. The van der Waals surface area contributed by atoms with Crippen LogP contribution in [0.3, 0.4) is 0 Å². The number of carbonyl (C=O) groups is 2. The minimum atomic E-state index is -0.996. The lowest BCUT2D eigenvalue weighted by molar-refractivity contribution is -0.124. The third kappa shape index (κ3) is 2.94. The van der Waals surface area contributed by atoms with Gasteiger partial charge in [-0.25, -0.2) is 9.69 Å². The normalized spacial score (nSPS) is 19.7. The Morgan fingerprint density at radius 3 is 2.08 bits per heavy atom. The quantitative estimate of drug-likeness (QED) is 0.557. The van der Waals surface area contributed by atoms with Crippen molar-refractivity contribution in [3.8, 4) is 0 Å². The highest BCUT2D eigenvalue weighted by molar-refractivity contribution is 6.23. The van der Waals surface area contributed by atoms with Crippen LogP contribution in [0.15, 0.2) is 86.0 Å². The molecule has 0 radical (unpaired) electrons. The van der Waals surface area contributed by atoms with Crippen LogP contribution in [-0.4, -0.2) is 28.9 Å². The third-order valence-electron chi connectivity index (χ3n) is 4.69. The number of carbonyl (C=O) groups excluding carboxylic acids is 2. The zero-order valence-corrected chi connectivity index (χ0v) is 14.7. The van der Waals surface area contributed by atoms with Crippen LogP contribution in [0.1, 0.15) is 12.0 Å². The van der Waals surface area contributed by atoms with Gasteiger partial charge in [-0.15, -0.1) is 13.2 Å². The van der Waals surface area contributed by atoms with E-state index in [9.17, 15) is 9.59 Å². The van der Waals surface area contributed by atoms with Crippen LogP contribution in [0, 0.1) is 0 Å². The van der Waals surface area contributed by atoms with Gasteiger partial charge in [-0.2, -0.15) is 0 Å². The molecule has 2 aromatic carbocycles. The van der Waals surface area contributed by atoms with Crippen LogP contribution in [0.4, 0.5) is 10.5 Å². The van der Waals surface area contributed by atoms with Crippen LogP contribution in [0.25, 0.3) is 0 Å². The van der Waals surface area contributed by atoms with Gasteiger partial charge in [0.15, 0.2) is 0 Å². The number of amides is 3. The van der Waals surface area contributed by atoms with E-state index >= 15 is 0 Å². The van der Waals surface area contributed by atoms with E-state index < -0.39 is 5.54 Å². The molecule has 1 aliphatic rings. The summed E-state index contributed by atoms with van der Waals surface area (Å²) < 4.78 is 0. The maximum Gasteiger partial charge on any atom is 0.332 e. The molecule has 1 atom stereocenters. The highest BCUT2D eigenvalue weighted by Gasteiger charge is 2.56. The molecule has 0 spiro atoms. The van der Waals surface area contributed by atoms with Crippen molar-refractivity contribution in [1.82, 2.24) is 4.90 Å². The Morgan fingerprint density at radius 1 is 0.885 bits per heavy atom. The number of imide groups is 1. The fourth-order valence-electron chi connectivity index (χ4n) is 3.51. The maximum absolute atomic E-state index is 13.5. The first-order valence-corrected chi connectivity index (χ1v) is 8.61. The molecule has 0 saturated carbocycles. The first-order chi connectivity index (χ1) is 12.6. The van der Waals surface area contributed by atoms with E-state index in [0.717, 1.165) is 5.56 Å². The van der Waals surface area contributed by atoms with Gasteiger partial charge in [0.1, 0.15) is 5.54 Å². The summed E-state index contributed by atoms with van der Waals surface area (Å²) in [5, 5.41) is 0. The molecular weight excluding hydrogens is 324 g/mol. The number of hydrogen-bond donors (Lipinski definition) is 0. The van der Waals surface area contributed by atoms with Crippen LogP contribution in [0.2, 0.25) is 0 Å². The van der Waals surface area contributed by atoms with Gasteiger partial charge in [0, 0.05) is 13.0 Å². The summed E-state index contributed by atoms with van der Waals surface area (Å²) in [6.45, 7) is 7.89. The molecular formula is C22H22N2O2. The molecule has 26 heavy (non-hydrogen) atoms. The lowest BCUT2D eigenvalue weighted by atomic mass is 9.85. The fourth-order valence-corrected chi connectivity index (χ4v) is 3.51. The summed E-state index contributed by atoms with van der Waals surface area (Å²) in [4.78, 5) is 29.5. The molecule has 132 valence electrons. The van der Waals surface area contributed by atoms with Crippen molar-refractivity contribution < 1.29 is 9.59 Å². The van der Waals surface area contributed by atoms with Crippen molar-refractivity contribution in [1.29, 1.82) is 0 Å². The zero-order valence-electron chi connectivity index (χ0n) is 14.7. The fraction of sp³-hybridized carbons (Fsp3) is 0.182. The summed E-state index contributed by atoms with van der Waals surface area (Å²) in [6, 6.07) is 18.5. The maximum atomic E-state index is 13.5. The SMILES string of the molecule is C=CCN1C(=O)N(c2ccccc2)C(=O)C1(CC=C)Cc1ccccc1. The van der Waals surface area contributed by atoms with Crippen LogP contribution >= 0.6 is 0 Å². The molecule has 0 aromatic heterocycles. The second kappa shape index (κ2) is 7.40. The number of urea groups is 1. The predicted octanol–water partition coefficient (Wildman–Crippen LogP) is 4.20. The highest BCUT2D eigenvalue weighted by Crippen LogP contribution is 2.37. The second-order valence-corrected chi connectivity index (χ2v) is 6.34. The zero-order chi connectivity index (χ0) is 18.6. The van der Waals surface area contributed by atoms with Gasteiger partial charge < -0.3 is 4.90 Å². The van der Waals surface area contributed by atoms with Crippen molar-refractivity contribution in [2.24, 2.45) is 0 Å². The number of nitrogens with zero attached hydrogens (tertiary/aromatic N) is 2. The average Bonchev–Trinajstić information content (AvgIpc) is 2.85. The monoisotopic (exact) mass is 346 g/mol. The summed E-state index contributed by atoms with van der Waals surface area (Å²) in [5.41, 5.74) is 0.583. The van der Waals surface area contributed by atoms with E-state index in [1.54, 1.807) is 29.2 Å². The van der Waals surface area contributed by atoms with E-state index in [2.05, 4.69) is 13.2 Å². The Balaban J connectivity index is 2.10. The average molecular weight is 346 g/mol. The molecule has 0 bridgehead atoms. The second-order valence-electron chi connectivity index (χ2n) is 6.34. The standard InChI is InChI=1S/C22H22N2O2/c1-3-15-22(17-18-11-7-5-8-12-18)20(25)24(19-13-9-6-10-14-19)21(26)23(22)16-4-2/h3-14H,1-2,15-17H2. The minimum absolute atomic E-state index is 0.223. The predicted molar refractivity (Wildman–Crippen MR) is 104 cm³/mol. The summed E-state index contributed by atoms with van der Waals surface area (Å²) in [7, 11) is 0.